The lowest BCUT2D eigenvalue weighted by Gasteiger charge is -2.21. The molecule has 108 valence electrons. The topological polar surface area (TPSA) is 21.3 Å². The predicted molar refractivity (Wildman–Crippen MR) is 86.8 cm³/mol. The first-order valence-electron chi connectivity index (χ1n) is 7.13. The van der Waals surface area contributed by atoms with Gasteiger partial charge in [-0.1, -0.05) is 19.1 Å². The van der Waals surface area contributed by atoms with E-state index in [2.05, 4.69) is 54.2 Å². The van der Waals surface area contributed by atoms with E-state index in [0.717, 1.165) is 25.1 Å². The summed E-state index contributed by atoms with van der Waals surface area (Å²) in [7, 11) is 1.75. The van der Waals surface area contributed by atoms with Crippen LogP contribution in [-0.2, 0) is 6.42 Å². The van der Waals surface area contributed by atoms with Crippen molar-refractivity contribution in [3.05, 3.63) is 51.7 Å². The molecule has 2 nitrogen and oxygen atoms in total. The van der Waals surface area contributed by atoms with Crippen LogP contribution in [0.3, 0.4) is 0 Å². The Balaban J connectivity index is 2.25. The Kier molecular flexibility index (Phi) is 5.62. The SMILES string of the molecule is CCCNC(Cc1ccsc1)c1ccc(C)cc1OC. The van der Waals surface area contributed by atoms with Crippen molar-refractivity contribution in [2.45, 2.75) is 32.7 Å². The van der Waals surface area contributed by atoms with Crippen molar-refractivity contribution >= 4 is 11.3 Å². The summed E-state index contributed by atoms with van der Waals surface area (Å²) < 4.78 is 5.57. The molecule has 0 aliphatic heterocycles. The van der Waals surface area contributed by atoms with Gasteiger partial charge in [0.1, 0.15) is 5.75 Å². The Morgan fingerprint density at radius 3 is 2.80 bits per heavy atom. The van der Waals surface area contributed by atoms with Gasteiger partial charge in [0.25, 0.3) is 0 Å². The number of hydrogen-bond acceptors (Lipinski definition) is 3. The molecule has 0 aliphatic carbocycles. The molecule has 0 aliphatic rings. The van der Waals surface area contributed by atoms with Gasteiger partial charge in [0.15, 0.2) is 0 Å². The highest BCUT2D eigenvalue weighted by Gasteiger charge is 2.16. The molecule has 1 aromatic carbocycles. The van der Waals surface area contributed by atoms with Gasteiger partial charge in [-0.2, -0.15) is 11.3 Å². The number of benzene rings is 1. The van der Waals surface area contributed by atoms with Crippen molar-refractivity contribution in [1.29, 1.82) is 0 Å². The average molecular weight is 289 g/mol. The molecule has 0 spiro atoms. The van der Waals surface area contributed by atoms with E-state index < -0.39 is 0 Å². The standard InChI is InChI=1S/C17H23NOS/c1-4-8-18-16(11-14-7-9-20-12-14)15-6-5-13(2)10-17(15)19-3/h5-7,9-10,12,16,18H,4,8,11H2,1-3H3. The van der Waals surface area contributed by atoms with E-state index in [4.69, 9.17) is 4.74 Å². The third-order valence-corrected chi connectivity index (χ3v) is 4.16. The van der Waals surface area contributed by atoms with Crippen LogP contribution >= 0.6 is 11.3 Å². The number of methoxy groups -OCH3 is 1. The largest absolute Gasteiger partial charge is 0.496 e. The third-order valence-electron chi connectivity index (χ3n) is 3.43. The van der Waals surface area contributed by atoms with Crippen LogP contribution in [0.4, 0.5) is 0 Å². The molecule has 0 radical (unpaired) electrons. The maximum Gasteiger partial charge on any atom is 0.123 e. The molecule has 1 N–H and O–H groups in total. The van der Waals surface area contributed by atoms with E-state index in [9.17, 15) is 0 Å². The molecule has 0 saturated carbocycles. The summed E-state index contributed by atoms with van der Waals surface area (Å²) >= 11 is 1.75. The summed E-state index contributed by atoms with van der Waals surface area (Å²) in [5, 5.41) is 8.00. The lowest BCUT2D eigenvalue weighted by Crippen LogP contribution is -2.24. The Labute approximate surface area is 125 Å². The fourth-order valence-electron chi connectivity index (χ4n) is 2.36. The summed E-state index contributed by atoms with van der Waals surface area (Å²) in [6, 6.07) is 8.97. The van der Waals surface area contributed by atoms with Gasteiger partial charge in [0.05, 0.1) is 7.11 Å². The molecule has 1 heterocycles. The van der Waals surface area contributed by atoms with Crippen LogP contribution in [0.5, 0.6) is 5.75 Å². The number of hydrogen-bond donors (Lipinski definition) is 1. The normalized spacial score (nSPS) is 12.3. The first-order chi connectivity index (χ1) is 9.74. The van der Waals surface area contributed by atoms with Gasteiger partial charge < -0.3 is 10.1 Å². The fourth-order valence-corrected chi connectivity index (χ4v) is 3.04. The minimum absolute atomic E-state index is 0.306. The Morgan fingerprint density at radius 1 is 1.30 bits per heavy atom. The Bertz CT molecular complexity index is 522. The van der Waals surface area contributed by atoms with Crippen LogP contribution in [-0.4, -0.2) is 13.7 Å². The van der Waals surface area contributed by atoms with Crippen LogP contribution in [0, 0.1) is 6.92 Å². The highest BCUT2D eigenvalue weighted by Crippen LogP contribution is 2.29. The molecule has 2 aromatic rings. The van der Waals surface area contributed by atoms with Crippen molar-refractivity contribution in [2.24, 2.45) is 0 Å². The maximum atomic E-state index is 5.57. The zero-order valence-electron chi connectivity index (χ0n) is 12.5. The van der Waals surface area contributed by atoms with Gasteiger partial charge in [0.2, 0.25) is 0 Å². The lowest BCUT2D eigenvalue weighted by atomic mass is 9.98. The quantitative estimate of drug-likeness (QED) is 0.818. The van der Waals surface area contributed by atoms with Crippen molar-refractivity contribution in [3.8, 4) is 5.75 Å². The zero-order valence-corrected chi connectivity index (χ0v) is 13.3. The summed E-state index contributed by atoms with van der Waals surface area (Å²) in [5.41, 5.74) is 3.86. The van der Waals surface area contributed by atoms with Gasteiger partial charge >= 0.3 is 0 Å². The molecular weight excluding hydrogens is 266 g/mol. The van der Waals surface area contributed by atoms with E-state index >= 15 is 0 Å². The van der Waals surface area contributed by atoms with Gasteiger partial charge in [-0.15, -0.1) is 0 Å². The van der Waals surface area contributed by atoms with Gasteiger partial charge in [-0.05, 0) is 60.3 Å². The minimum Gasteiger partial charge on any atom is -0.496 e. The zero-order chi connectivity index (χ0) is 14.4. The molecule has 1 unspecified atom stereocenters. The number of rotatable bonds is 7. The average Bonchev–Trinajstić information content (AvgIpc) is 2.96. The molecular formula is C17H23NOS. The van der Waals surface area contributed by atoms with Crippen LogP contribution in [0.15, 0.2) is 35.0 Å². The number of ether oxygens (including phenoxy) is 1. The second kappa shape index (κ2) is 7.46. The molecule has 1 atom stereocenters. The fraction of sp³-hybridized carbons (Fsp3) is 0.412. The highest BCUT2D eigenvalue weighted by atomic mass is 32.1. The molecule has 0 amide bonds. The summed E-state index contributed by atoms with van der Waals surface area (Å²) in [4.78, 5) is 0. The number of aryl methyl sites for hydroxylation is 1. The van der Waals surface area contributed by atoms with Crippen molar-refractivity contribution in [1.82, 2.24) is 5.32 Å². The summed E-state index contributed by atoms with van der Waals surface area (Å²) in [6.07, 6.45) is 2.14. The van der Waals surface area contributed by atoms with Crippen molar-refractivity contribution in [3.63, 3.8) is 0 Å². The maximum absolute atomic E-state index is 5.57. The third kappa shape index (κ3) is 3.84. The first-order valence-corrected chi connectivity index (χ1v) is 8.08. The molecule has 1 aromatic heterocycles. The van der Waals surface area contributed by atoms with Crippen molar-refractivity contribution in [2.75, 3.05) is 13.7 Å². The van der Waals surface area contributed by atoms with E-state index in [1.807, 2.05) is 0 Å². The smallest absolute Gasteiger partial charge is 0.123 e. The predicted octanol–water partition coefficient (Wildman–Crippen LogP) is 4.35. The van der Waals surface area contributed by atoms with E-state index in [-0.39, 0.29) is 0 Å². The second-order valence-electron chi connectivity index (χ2n) is 5.09. The number of thiophene rings is 1. The van der Waals surface area contributed by atoms with E-state index in [1.54, 1.807) is 18.4 Å². The van der Waals surface area contributed by atoms with Gasteiger partial charge in [0, 0.05) is 11.6 Å². The Hall–Kier alpha value is -1.32. The summed E-state index contributed by atoms with van der Waals surface area (Å²) in [5.74, 6) is 0.980. The van der Waals surface area contributed by atoms with Crippen LogP contribution in [0.2, 0.25) is 0 Å². The van der Waals surface area contributed by atoms with Gasteiger partial charge in [-0.3, -0.25) is 0 Å². The Morgan fingerprint density at radius 2 is 2.15 bits per heavy atom. The van der Waals surface area contributed by atoms with Crippen molar-refractivity contribution < 1.29 is 4.74 Å². The molecule has 0 fully saturated rings. The highest BCUT2D eigenvalue weighted by molar-refractivity contribution is 7.07. The van der Waals surface area contributed by atoms with E-state index in [1.165, 1.54) is 16.7 Å². The monoisotopic (exact) mass is 289 g/mol. The van der Waals surface area contributed by atoms with Crippen LogP contribution in [0.25, 0.3) is 0 Å². The van der Waals surface area contributed by atoms with Crippen LogP contribution < -0.4 is 10.1 Å². The van der Waals surface area contributed by atoms with E-state index in [0.29, 0.717) is 6.04 Å². The molecule has 0 bridgehead atoms. The number of nitrogens with one attached hydrogen (secondary N) is 1. The lowest BCUT2D eigenvalue weighted by molar-refractivity contribution is 0.398. The van der Waals surface area contributed by atoms with Gasteiger partial charge in [-0.25, -0.2) is 0 Å². The summed E-state index contributed by atoms with van der Waals surface area (Å²) in [6.45, 7) is 5.31. The minimum atomic E-state index is 0.306. The molecule has 20 heavy (non-hydrogen) atoms. The second-order valence-corrected chi connectivity index (χ2v) is 5.87. The van der Waals surface area contributed by atoms with Crippen LogP contribution in [0.1, 0.15) is 36.1 Å². The molecule has 2 rings (SSSR count). The molecule has 3 heteroatoms. The first kappa shape index (κ1) is 15.1. The molecule has 0 saturated heterocycles.